The van der Waals surface area contributed by atoms with Gasteiger partial charge < -0.3 is 10.5 Å². The first kappa shape index (κ1) is 25.0. The van der Waals surface area contributed by atoms with Crippen molar-refractivity contribution in [2.45, 2.75) is 6.18 Å². The first-order chi connectivity index (χ1) is 15.6. The fourth-order valence-corrected chi connectivity index (χ4v) is 3.66. The van der Waals surface area contributed by atoms with Gasteiger partial charge >= 0.3 is 6.18 Å². The molecule has 0 amide bonds. The third-order valence-corrected chi connectivity index (χ3v) is 6.16. The van der Waals surface area contributed by atoms with E-state index in [1.165, 1.54) is 7.11 Å². The van der Waals surface area contributed by atoms with Crippen molar-refractivity contribution in [1.82, 2.24) is 14.3 Å². The zero-order valence-corrected chi connectivity index (χ0v) is 18.9. The van der Waals surface area contributed by atoms with Gasteiger partial charge in [0.1, 0.15) is 34.5 Å². The van der Waals surface area contributed by atoms with Crippen LogP contribution in [0.25, 0.3) is 17.1 Å². The molecule has 0 aliphatic carbocycles. The maximum absolute atomic E-state index is 14.7. The smallest absolute Gasteiger partial charge is 0.420 e. The topological polar surface area (TPSA) is 112 Å². The molecule has 34 heavy (non-hydrogen) atoms. The molecule has 0 bridgehead atoms. The van der Waals surface area contributed by atoms with Crippen molar-refractivity contribution in [3.8, 4) is 22.8 Å². The van der Waals surface area contributed by atoms with Gasteiger partial charge in [-0.2, -0.15) is 17.9 Å². The van der Waals surface area contributed by atoms with Crippen LogP contribution in [0.5, 0.6) is 5.75 Å². The van der Waals surface area contributed by atoms with E-state index in [1.54, 1.807) is 0 Å². The lowest BCUT2D eigenvalue weighted by Gasteiger charge is -2.20. The number of rotatable bonds is 5. The summed E-state index contributed by atoms with van der Waals surface area (Å²) in [6.45, 7) is 0. The van der Waals surface area contributed by atoms with Crippen LogP contribution < -0.4 is 20.3 Å². The fraction of sp³-hybridized carbons (Fsp3) is 0.263. The molecule has 0 unspecified atom stereocenters. The van der Waals surface area contributed by atoms with Crippen molar-refractivity contribution < 1.29 is 35.1 Å². The van der Waals surface area contributed by atoms with Crippen molar-refractivity contribution in [2.75, 3.05) is 30.5 Å². The SMILES string of the molecule is COc1cc(F)c(-c2c(N)c(=O)n(-c3nc(N(C)S(C)(=O)=O)ccc3C(F)(F)F)n2C)c(F)c1. The summed E-state index contributed by atoms with van der Waals surface area (Å²) < 4.78 is 101. The minimum atomic E-state index is -5.03. The van der Waals surface area contributed by atoms with Crippen LogP contribution in [0, 0.1) is 11.6 Å². The summed E-state index contributed by atoms with van der Waals surface area (Å²) in [7, 11) is -0.669. The number of methoxy groups -OCH3 is 1. The first-order valence-electron chi connectivity index (χ1n) is 9.23. The summed E-state index contributed by atoms with van der Waals surface area (Å²) >= 11 is 0. The molecule has 0 aliphatic heterocycles. The van der Waals surface area contributed by atoms with Gasteiger partial charge in [-0.3, -0.25) is 13.8 Å². The quantitative estimate of drug-likeness (QED) is 0.532. The van der Waals surface area contributed by atoms with Crippen LogP contribution in [-0.4, -0.2) is 43.2 Å². The normalized spacial score (nSPS) is 12.1. The van der Waals surface area contributed by atoms with Gasteiger partial charge in [-0.15, -0.1) is 0 Å². The molecule has 2 N–H and O–H groups in total. The minimum Gasteiger partial charge on any atom is -0.497 e. The number of hydrogen-bond acceptors (Lipinski definition) is 6. The summed E-state index contributed by atoms with van der Waals surface area (Å²) in [6, 6.07) is 2.94. The van der Waals surface area contributed by atoms with E-state index in [0.29, 0.717) is 19.7 Å². The number of nitrogen functional groups attached to an aromatic ring is 1. The van der Waals surface area contributed by atoms with Crippen LogP contribution in [0.15, 0.2) is 29.1 Å². The van der Waals surface area contributed by atoms with E-state index in [9.17, 15) is 35.2 Å². The van der Waals surface area contributed by atoms with Gasteiger partial charge in [0.25, 0.3) is 5.56 Å². The standard InChI is InChI=1S/C19H18F5N5O4S/c1-27-16(14-11(20)7-9(33-3)8-12(14)21)15(25)18(30)29(27)17-10(19(22,23)24)5-6-13(26-17)28(2)34(4,31)32/h5-8H,25H2,1-4H3. The van der Waals surface area contributed by atoms with Crippen LogP contribution in [-0.2, 0) is 23.2 Å². The number of benzene rings is 1. The first-order valence-corrected chi connectivity index (χ1v) is 11.1. The number of aromatic nitrogens is 3. The van der Waals surface area contributed by atoms with Crippen LogP contribution in [0.1, 0.15) is 5.56 Å². The third kappa shape index (κ3) is 4.18. The Kier molecular flexibility index (Phi) is 6.11. The minimum absolute atomic E-state index is 0.181. The Hall–Kier alpha value is -3.62. The lowest BCUT2D eigenvalue weighted by Crippen LogP contribution is -2.29. The highest BCUT2D eigenvalue weighted by atomic mass is 32.2. The highest BCUT2D eigenvalue weighted by Crippen LogP contribution is 2.36. The molecule has 3 aromatic rings. The van der Waals surface area contributed by atoms with Crippen LogP contribution in [0.3, 0.4) is 0 Å². The van der Waals surface area contributed by atoms with Gasteiger partial charge in [-0.05, 0) is 12.1 Å². The number of hydrogen-bond donors (Lipinski definition) is 1. The Labute approximate surface area is 189 Å². The second-order valence-corrected chi connectivity index (χ2v) is 9.15. The van der Waals surface area contributed by atoms with E-state index >= 15 is 0 Å². The van der Waals surface area contributed by atoms with Crippen molar-refractivity contribution in [3.63, 3.8) is 0 Å². The lowest BCUT2D eigenvalue weighted by molar-refractivity contribution is -0.137. The molecule has 0 saturated heterocycles. The monoisotopic (exact) mass is 507 g/mol. The summed E-state index contributed by atoms with van der Waals surface area (Å²) in [5.41, 5.74) is 1.000. The highest BCUT2D eigenvalue weighted by Gasteiger charge is 2.37. The molecule has 184 valence electrons. The molecule has 2 heterocycles. The Morgan fingerprint density at radius 2 is 1.71 bits per heavy atom. The van der Waals surface area contributed by atoms with E-state index in [0.717, 1.165) is 38.6 Å². The largest absolute Gasteiger partial charge is 0.497 e. The van der Waals surface area contributed by atoms with Gasteiger partial charge in [-0.25, -0.2) is 22.2 Å². The lowest BCUT2D eigenvalue weighted by atomic mass is 10.1. The van der Waals surface area contributed by atoms with Crippen molar-refractivity contribution in [3.05, 3.63) is 51.8 Å². The molecule has 2 aromatic heterocycles. The maximum atomic E-state index is 14.7. The van der Waals surface area contributed by atoms with E-state index in [4.69, 9.17) is 10.5 Å². The van der Waals surface area contributed by atoms with E-state index in [-0.39, 0.29) is 5.75 Å². The average Bonchev–Trinajstić information content (AvgIpc) is 2.94. The predicted octanol–water partition coefficient (Wildman–Crippen LogP) is 2.52. The second-order valence-electron chi connectivity index (χ2n) is 7.14. The number of pyridine rings is 1. The van der Waals surface area contributed by atoms with Gasteiger partial charge in [0.05, 0.1) is 24.6 Å². The number of nitrogens with two attached hydrogens (primary N) is 1. The molecule has 0 aliphatic rings. The van der Waals surface area contributed by atoms with Crippen molar-refractivity contribution in [1.29, 1.82) is 0 Å². The number of alkyl halides is 3. The Bertz CT molecular complexity index is 1420. The highest BCUT2D eigenvalue weighted by molar-refractivity contribution is 7.92. The molecular weight excluding hydrogens is 489 g/mol. The third-order valence-electron chi connectivity index (χ3n) is 4.98. The molecule has 0 spiro atoms. The summed E-state index contributed by atoms with van der Waals surface area (Å²) in [6.07, 6.45) is -4.23. The second kappa shape index (κ2) is 8.30. The Balaban J connectivity index is 2.40. The summed E-state index contributed by atoms with van der Waals surface area (Å²) in [5, 5.41) is 0. The van der Waals surface area contributed by atoms with E-state index < -0.39 is 67.5 Å². The van der Waals surface area contributed by atoms with Gasteiger partial charge in [0.2, 0.25) is 10.0 Å². The zero-order chi connectivity index (χ0) is 25.7. The zero-order valence-electron chi connectivity index (χ0n) is 18.1. The molecule has 9 nitrogen and oxygen atoms in total. The molecular formula is C19H18F5N5O4S. The van der Waals surface area contributed by atoms with Crippen molar-refractivity contribution in [2.24, 2.45) is 7.05 Å². The molecule has 3 rings (SSSR count). The van der Waals surface area contributed by atoms with Gasteiger partial charge in [0.15, 0.2) is 5.82 Å². The van der Waals surface area contributed by atoms with Gasteiger partial charge in [-0.1, -0.05) is 0 Å². The summed E-state index contributed by atoms with van der Waals surface area (Å²) in [4.78, 5) is 16.6. The van der Waals surface area contributed by atoms with Crippen LogP contribution >= 0.6 is 0 Å². The van der Waals surface area contributed by atoms with Crippen LogP contribution in [0.4, 0.5) is 33.5 Å². The van der Waals surface area contributed by atoms with E-state index in [1.807, 2.05) is 0 Å². The number of anilines is 2. The maximum Gasteiger partial charge on any atom is 0.420 e. The number of ether oxygens (including phenoxy) is 1. The molecule has 0 radical (unpaired) electrons. The average molecular weight is 507 g/mol. The fourth-order valence-electron chi connectivity index (χ4n) is 3.22. The molecule has 0 fully saturated rings. The van der Waals surface area contributed by atoms with E-state index in [2.05, 4.69) is 4.98 Å². The molecule has 0 atom stereocenters. The van der Waals surface area contributed by atoms with Crippen LogP contribution in [0.2, 0.25) is 0 Å². The molecule has 0 saturated carbocycles. The Morgan fingerprint density at radius 3 is 2.18 bits per heavy atom. The summed E-state index contributed by atoms with van der Waals surface area (Å²) in [5.74, 6) is -4.04. The Morgan fingerprint density at radius 1 is 1.15 bits per heavy atom. The molecule has 1 aromatic carbocycles. The molecule has 15 heteroatoms. The van der Waals surface area contributed by atoms with Crippen molar-refractivity contribution >= 4 is 21.5 Å². The number of halogens is 5. The number of nitrogens with zero attached hydrogens (tertiary/aromatic N) is 4. The number of sulfonamides is 1. The van der Waals surface area contributed by atoms with Gasteiger partial charge in [0, 0.05) is 26.2 Å². The predicted molar refractivity (Wildman–Crippen MR) is 113 cm³/mol.